The maximum Gasteiger partial charge on any atom is 0.256 e. The molecule has 0 spiro atoms. The Hall–Kier alpha value is -2.16. The first-order chi connectivity index (χ1) is 9.58. The number of amides is 1. The molecule has 0 aromatic rings. The first kappa shape index (κ1) is 17.8. The molecule has 1 N–H and O–H groups in total. The van der Waals surface area contributed by atoms with Gasteiger partial charge in [-0.3, -0.25) is 4.79 Å². The molecule has 0 aliphatic rings. The fourth-order valence-corrected chi connectivity index (χ4v) is 1.61. The fraction of sp³-hybridized carbons (Fsp3) is 0.294. The third kappa shape index (κ3) is 7.31. The summed E-state index contributed by atoms with van der Waals surface area (Å²) in [6, 6.07) is 0. The summed E-state index contributed by atoms with van der Waals surface area (Å²) in [6.45, 7) is 13.1. The molecule has 0 rings (SSSR count). The van der Waals surface area contributed by atoms with Gasteiger partial charge in [0.05, 0.1) is 0 Å². The lowest BCUT2D eigenvalue weighted by Gasteiger charge is -2.06. The molecule has 108 valence electrons. The summed E-state index contributed by atoms with van der Waals surface area (Å²) in [5, 5.41) is 2.74. The number of nitrogens with zero attached hydrogens (tertiary/aromatic N) is 1. The Balaban J connectivity index is 5.13. The van der Waals surface area contributed by atoms with E-state index >= 15 is 0 Å². The summed E-state index contributed by atoms with van der Waals surface area (Å²) < 4.78 is 0. The highest BCUT2D eigenvalue weighted by molar-refractivity contribution is 6.11. The zero-order chi connectivity index (χ0) is 15.4. The van der Waals surface area contributed by atoms with Crippen molar-refractivity contribution < 1.29 is 4.79 Å². The Morgan fingerprint density at radius 1 is 1.35 bits per heavy atom. The van der Waals surface area contributed by atoms with Crippen LogP contribution in [0, 0.1) is 0 Å². The standard InChI is InChI=1S/C17H24N2O/c1-6-10-14(5)13-15(11-7-2)17(20)19-16(12-8-3)18-9-4/h7-9,11-13H,2,4,6,10H2,1,3,5H3,(H,18,19,20)/b12-8-,14-13-,15-11+. The van der Waals surface area contributed by atoms with Crippen LogP contribution in [0.3, 0.4) is 0 Å². The van der Waals surface area contributed by atoms with Gasteiger partial charge in [-0.25, -0.2) is 4.99 Å². The lowest BCUT2D eigenvalue weighted by atomic mass is 10.1. The van der Waals surface area contributed by atoms with E-state index in [2.05, 4.69) is 30.4 Å². The van der Waals surface area contributed by atoms with E-state index in [4.69, 9.17) is 0 Å². The van der Waals surface area contributed by atoms with Crippen LogP contribution in [-0.4, -0.2) is 11.7 Å². The zero-order valence-electron chi connectivity index (χ0n) is 12.6. The van der Waals surface area contributed by atoms with Gasteiger partial charge in [-0.15, -0.1) is 0 Å². The molecule has 1 amide bonds. The van der Waals surface area contributed by atoms with Gasteiger partial charge in [0, 0.05) is 11.8 Å². The molecule has 0 unspecified atom stereocenters. The number of rotatable bonds is 7. The van der Waals surface area contributed by atoms with E-state index in [0.717, 1.165) is 18.4 Å². The van der Waals surface area contributed by atoms with Crippen LogP contribution in [0.2, 0.25) is 0 Å². The third-order valence-corrected chi connectivity index (χ3v) is 2.40. The van der Waals surface area contributed by atoms with Gasteiger partial charge in [-0.05, 0) is 26.3 Å². The number of carbonyl (C=O) groups is 1. The van der Waals surface area contributed by atoms with E-state index in [9.17, 15) is 4.79 Å². The van der Waals surface area contributed by atoms with Crippen LogP contribution >= 0.6 is 0 Å². The van der Waals surface area contributed by atoms with E-state index in [0.29, 0.717) is 11.4 Å². The molecule has 0 bridgehead atoms. The Kier molecular flexibility index (Phi) is 9.57. The molecular weight excluding hydrogens is 248 g/mol. The monoisotopic (exact) mass is 272 g/mol. The lowest BCUT2D eigenvalue weighted by Crippen LogP contribution is -2.30. The number of hydrogen-bond donors (Lipinski definition) is 1. The Bertz CT molecular complexity index is 465. The van der Waals surface area contributed by atoms with Crippen molar-refractivity contribution >= 4 is 11.7 Å². The van der Waals surface area contributed by atoms with Gasteiger partial charge >= 0.3 is 0 Å². The minimum atomic E-state index is -0.209. The van der Waals surface area contributed by atoms with Crippen LogP contribution in [0.4, 0.5) is 0 Å². The molecule has 0 heterocycles. The van der Waals surface area contributed by atoms with Gasteiger partial charge in [-0.2, -0.15) is 0 Å². The lowest BCUT2D eigenvalue weighted by molar-refractivity contribution is -0.115. The predicted molar refractivity (Wildman–Crippen MR) is 87.5 cm³/mol. The Morgan fingerprint density at radius 3 is 2.55 bits per heavy atom. The Morgan fingerprint density at radius 2 is 2.05 bits per heavy atom. The average Bonchev–Trinajstić information content (AvgIpc) is 2.39. The number of amidine groups is 1. The maximum absolute atomic E-state index is 12.2. The van der Waals surface area contributed by atoms with Gasteiger partial charge in [0.1, 0.15) is 5.84 Å². The topological polar surface area (TPSA) is 41.5 Å². The summed E-state index contributed by atoms with van der Waals surface area (Å²) in [4.78, 5) is 16.2. The summed E-state index contributed by atoms with van der Waals surface area (Å²) in [7, 11) is 0. The first-order valence-electron chi connectivity index (χ1n) is 6.71. The van der Waals surface area contributed by atoms with E-state index in [-0.39, 0.29) is 5.91 Å². The second-order valence-electron chi connectivity index (χ2n) is 4.25. The van der Waals surface area contributed by atoms with E-state index in [1.807, 2.05) is 19.9 Å². The predicted octanol–water partition coefficient (Wildman–Crippen LogP) is 4.08. The van der Waals surface area contributed by atoms with E-state index in [1.165, 1.54) is 6.20 Å². The highest BCUT2D eigenvalue weighted by Gasteiger charge is 2.08. The fourth-order valence-electron chi connectivity index (χ4n) is 1.61. The normalized spacial score (nSPS) is 13.4. The van der Waals surface area contributed by atoms with Crippen molar-refractivity contribution in [1.82, 2.24) is 5.32 Å². The molecule has 0 saturated heterocycles. The van der Waals surface area contributed by atoms with Crippen molar-refractivity contribution in [3.63, 3.8) is 0 Å². The smallest absolute Gasteiger partial charge is 0.256 e. The molecular formula is C17H24N2O. The highest BCUT2D eigenvalue weighted by Crippen LogP contribution is 2.09. The zero-order valence-corrected chi connectivity index (χ0v) is 12.6. The van der Waals surface area contributed by atoms with Crippen molar-refractivity contribution in [2.75, 3.05) is 0 Å². The van der Waals surface area contributed by atoms with Crippen LogP contribution in [-0.2, 0) is 4.79 Å². The molecule has 0 radical (unpaired) electrons. The number of carbonyl (C=O) groups excluding carboxylic acids is 1. The summed E-state index contributed by atoms with van der Waals surface area (Å²) in [6.07, 6.45) is 12.1. The highest BCUT2D eigenvalue weighted by atomic mass is 16.1. The second kappa shape index (κ2) is 10.7. The Labute approximate surface area is 122 Å². The average molecular weight is 272 g/mol. The number of hydrogen-bond acceptors (Lipinski definition) is 2. The molecule has 0 fully saturated rings. The minimum Gasteiger partial charge on any atom is -0.307 e. The van der Waals surface area contributed by atoms with Crippen LogP contribution < -0.4 is 5.32 Å². The molecule has 0 aliphatic carbocycles. The quantitative estimate of drug-likeness (QED) is 0.322. The van der Waals surface area contributed by atoms with Gasteiger partial charge < -0.3 is 5.32 Å². The SMILES string of the molecule is C=C/C=C(\C=C(\C)CCC)C(=O)NC(/C=C\C)=N/C=C. The molecule has 3 heteroatoms. The number of aliphatic imine (C=N–C) groups is 1. The largest absolute Gasteiger partial charge is 0.307 e. The second-order valence-corrected chi connectivity index (χ2v) is 4.25. The molecule has 0 aromatic heterocycles. The van der Waals surface area contributed by atoms with Crippen molar-refractivity contribution in [3.8, 4) is 0 Å². The molecule has 0 atom stereocenters. The van der Waals surface area contributed by atoms with Crippen molar-refractivity contribution in [1.29, 1.82) is 0 Å². The summed E-state index contributed by atoms with van der Waals surface area (Å²) >= 11 is 0. The van der Waals surface area contributed by atoms with Gasteiger partial charge in [0.15, 0.2) is 0 Å². The number of allylic oxidation sites excluding steroid dienone is 4. The van der Waals surface area contributed by atoms with Crippen molar-refractivity contribution in [2.24, 2.45) is 4.99 Å². The molecule has 0 aromatic carbocycles. The molecule has 3 nitrogen and oxygen atoms in total. The minimum absolute atomic E-state index is 0.209. The molecule has 20 heavy (non-hydrogen) atoms. The van der Waals surface area contributed by atoms with Crippen LogP contribution in [0.15, 0.2) is 65.9 Å². The molecule has 0 aliphatic heterocycles. The van der Waals surface area contributed by atoms with Gasteiger partial charge in [0.25, 0.3) is 5.91 Å². The number of nitrogens with one attached hydrogen (secondary N) is 1. The van der Waals surface area contributed by atoms with Crippen LogP contribution in [0.1, 0.15) is 33.6 Å². The van der Waals surface area contributed by atoms with E-state index < -0.39 is 0 Å². The van der Waals surface area contributed by atoms with Crippen LogP contribution in [0.5, 0.6) is 0 Å². The van der Waals surface area contributed by atoms with Crippen molar-refractivity contribution in [2.45, 2.75) is 33.6 Å². The van der Waals surface area contributed by atoms with E-state index in [1.54, 1.807) is 24.3 Å². The summed E-state index contributed by atoms with van der Waals surface area (Å²) in [5.74, 6) is 0.253. The maximum atomic E-state index is 12.2. The summed E-state index contributed by atoms with van der Waals surface area (Å²) in [5.41, 5.74) is 1.72. The third-order valence-electron chi connectivity index (χ3n) is 2.40. The van der Waals surface area contributed by atoms with Crippen LogP contribution in [0.25, 0.3) is 0 Å². The van der Waals surface area contributed by atoms with Crippen molar-refractivity contribution in [3.05, 3.63) is 60.9 Å². The first-order valence-corrected chi connectivity index (χ1v) is 6.71. The van der Waals surface area contributed by atoms with Gasteiger partial charge in [0.2, 0.25) is 0 Å². The van der Waals surface area contributed by atoms with Gasteiger partial charge in [-0.1, -0.05) is 56.4 Å². The molecule has 0 saturated carbocycles.